The first-order valence-corrected chi connectivity index (χ1v) is 16.7. The number of rotatable bonds is 11. The minimum atomic E-state index is -3.82. The monoisotopic (exact) mass is 611 g/mol. The Morgan fingerprint density at radius 1 is 1.02 bits per heavy atom. The largest absolute Gasteiger partial charge is 0.497 e. The molecule has 1 aromatic carbocycles. The maximum atomic E-state index is 14.1. The molecule has 10 nitrogen and oxygen atoms in total. The number of carbonyl (C=O) groups excluding carboxylic acids is 1. The SMILES string of the molecule is COc1cc(C)c(S(=O)(=O)N2CCN3CCC=C3C2COCC(=O)N(C)CCC2CCN(c3ccncc3)CC2)c(C)c1. The van der Waals surface area contributed by atoms with Crippen LogP contribution in [-0.4, -0.2) is 106 Å². The molecule has 3 aliphatic rings. The van der Waals surface area contributed by atoms with Gasteiger partial charge in [-0.1, -0.05) is 6.08 Å². The number of pyridine rings is 1. The molecule has 1 unspecified atom stereocenters. The van der Waals surface area contributed by atoms with Gasteiger partial charge >= 0.3 is 0 Å². The summed E-state index contributed by atoms with van der Waals surface area (Å²) in [5.74, 6) is 1.13. The zero-order chi connectivity index (χ0) is 30.6. The number of sulfonamides is 1. The number of nitrogens with zero attached hydrogens (tertiary/aromatic N) is 5. The number of ether oxygens (including phenoxy) is 2. The Balaban J connectivity index is 1.16. The van der Waals surface area contributed by atoms with Gasteiger partial charge in [-0.2, -0.15) is 4.31 Å². The molecule has 234 valence electrons. The summed E-state index contributed by atoms with van der Waals surface area (Å²) >= 11 is 0. The van der Waals surface area contributed by atoms with E-state index >= 15 is 0 Å². The zero-order valence-corrected chi connectivity index (χ0v) is 26.7. The number of aryl methyl sites for hydroxylation is 2. The highest BCUT2D eigenvalue weighted by Gasteiger charge is 2.41. The maximum Gasteiger partial charge on any atom is 0.248 e. The highest BCUT2D eigenvalue weighted by molar-refractivity contribution is 7.89. The van der Waals surface area contributed by atoms with E-state index in [1.165, 1.54) is 5.69 Å². The number of hydrogen-bond acceptors (Lipinski definition) is 8. The second-order valence-corrected chi connectivity index (χ2v) is 13.7. The van der Waals surface area contributed by atoms with Gasteiger partial charge in [-0.3, -0.25) is 9.78 Å². The van der Waals surface area contributed by atoms with Gasteiger partial charge < -0.3 is 24.2 Å². The van der Waals surface area contributed by atoms with Crippen LogP contribution in [0.1, 0.15) is 36.8 Å². The number of amides is 1. The van der Waals surface area contributed by atoms with Crippen LogP contribution in [0.5, 0.6) is 5.75 Å². The van der Waals surface area contributed by atoms with Gasteiger partial charge in [-0.05, 0) is 80.8 Å². The van der Waals surface area contributed by atoms with E-state index in [9.17, 15) is 13.2 Å². The van der Waals surface area contributed by atoms with Gasteiger partial charge in [0.1, 0.15) is 12.4 Å². The van der Waals surface area contributed by atoms with Crippen LogP contribution in [0.2, 0.25) is 0 Å². The quantitative estimate of drug-likeness (QED) is 0.382. The molecule has 4 heterocycles. The Labute approximate surface area is 256 Å². The smallest absolute Gasteiger partial charge is 0.248 e. The first kappa shape index (κ1) is 31.3. The Morgan fingerprint density at radius 3 is 2.40 bits per heavy atom. The van der Waals surface area contributed by atoms with Gasteiger partial charge in [0.2, 0.25) is 15.9 Å². The van der Waals surface area contributed by atoms with E-state index in [0.717, 1.165) is 51.0 Å². The van der Waals surface area contributed by atoms with Gasteiger partial charge in [0.15, 0.2) is 0 Å². The predicted molar refractivity (Wildman–Crippen MR) is 167 cm³/mol. The van der Waals surface area contributed by atoms with Crippen LogP contribution in [0.15, 0.2) is 53.3 Å². The molecule has 43 heavy (non-hydrogen) atoms. The highest BCUT2D eigenvalue weighted by Crippen LogP contribution is 2.34. The van der Waals surface area contributed by atoms with E-state index in [2.05, 4.69) is 33.0 Å². The molecule has 0 saturated carbocycles. The number of piperazine rings is 1. The first-order valence-electron chi connectivity index (χ1n) is 15.3. The third kappa shape index (κ3) is 6.99. The summed E-state index contributed by atoms with van der Waals surface area (Å²) in [7, 11) is -0.415. The van der Waals surface area contributed by atoms with Gasteiger partial charge in [0, 0.05) is 70.1 Å². The second-order valence-electron chi connectivity index (χ2n) is 11.9. The van der Waals surface area contributed by atoms with Crippen molar-refractivity contribution in [3.05, 3.63) is 59.6 Å². The first-order chi connectivity index (χ1) is 20.7. The summed E-state index contributed by atoms with van der Waals surface area (Å²) in [5.41, 5.74) is 3.49. The third-order valence-corrected chi connectivity index (χ3v) is 11.3. The molecule has 3 aliphatic heterocycles. The van der Waals surface area contributed by atoms with Crippen molar-refractivity contribution in [3.8, 4) is 5.75 Å². The van der Waals surface area contributed by atoms with Crippen molar-refractivity contribution in [1.29, 1.82) is 0 Å². The summed E-state index contributed by atoms with van der Waals surface area (Å²) in [6.07, 6.45) is 9.82. The fourth-order valence-electron chi connectivity index (χ4n) is 6.65. The van der Waals surface area contributed by atoms with Crippen LogP contribution >= 0.6 is 0 Å². The molecule has 1 amide bonds. The van der Waals surface area contributed by atoms with E-state index in [1.807, 2.05) is 19.4 Å². The number of hydrogen-bond donors (Lipinski definition) is 0. The Morgan fingerprint density at radius 2 is 1.72 bits per heavy atom. The number of methoxy groups -OCH3 is 1. The highest BCUT2D eigenvalue weighted by atomic mass is 32.2. The standard InChI is InChI=1S/C32H45N5O5S/c1-24-20-28(41-4)21-25(2)32(24)43(39,40)37-19-18-36-14-5-6-29(36)30(37)22-42-23-31(38)34(3)15-9-26-10-16-35(17-11-26)27-7-12-33-13-8-27/h6-8,12-13,20-21,26,30H,5,9-11,14-19,22-23H2,1-4H3. The minimum absolute atomic E-state index is 0.0742. The molecule has 0 N–H and O–H groups in total. The van der Waals surface area contributed by atoms with Crippen molar-refractivity contribution >= 4 is 21.6 Å². The van der Waals surface area contributed by atoms with Crippen LogP contribution in [0.4, 0.5) is 5.69 Å². The van der Waals surface area contributed by atoms with Gasteiger partial charge in [0.25, 0.3) is 0 Å². The molecule has 11 heteroatoms. The van der Waals surface area contributed by atoms with Gasteiger partial charge in [0.05, 0.1) is 24.7 Å². The molecule has 5 rings (SSSR count). The molecule has 0 aliphatic carbocycles. The van der Waals surface area contributed by atoms with Crippen molar-refractivity contribution in [2.45, 2.75) is 50.5 Å². The summed E-state index contributed by atoms with van der Waals surface area (Å²) in [6.45, 7) is 8.25. The molecule has 0 bridgehead atoms. The average molecular weight is 612 g/mol. The molecular formula is C32H45N5O5S. The van der Waals surface area contributed by atoms with Crippen LogP contribution in [0.3, 0.4) is 0 Å². The van der Waals surface area contributed by atoms with Crippen LogP contribution in [-0.2, 0) is 19.6 Å². The number of likely N-dealkylation sites (N-methyl/N-ethyl adjacent to an activating group) is 1. The lowest BCUT2D eigenvalue weighted by molar-refractivity contribution is -0.135. The molecule has 2 saturated heterocycles. The second kappa shape index (κ2) is 13.7. The zero-order valence-electron chi connectivity index (χ0n) is 25.9. The summed E-state index contributed by atoms with van der Waals surface area (Å²) < 4.78 is 41.0. The minimum Gasteiger partial charge on any atom is -0.497 e. The van der Waals surface area contributed by atoms with Crippen molar-refractivity contribution in [3.63, 3.8) is 0 Å². The van der Waals surface area contributed by atoms with Crippen LogP contribution < -0.4 is 9.64 Å². The van der Waals surface area contributed by atoms with Crippen molar-refractivity contribution in [1.82, 2.24) is 19.1 Å². The lowest BCUT2D eigenvalue weighted by atomic mass is 9.93. The summed E-state index contributed by atoms with van der Waals surface area (Å²) in [6, 6.07) is 7.14. The molecular weight excluding hydrogens is 566 g/mol. The van der Waals surface area contributed by atoms with Crippen LogP contribution in [0.25, 0.3) is 0 Å². The lowest BCUT2D eigenvalue weighted by Crippen LogP contribution is -2.54. The van der Waals surface area contributed by atoms with Crippen molar-refractivity contribution < 1.29 is 22.7 Å². The Bertz CT molecular complexity index is 1390. The van der Waals surface area contributed by atoms with Crippen molar-refractivity contribution in [2.75, 3.05) is 71.5 Å². The number of carbonyl (C=O) groups is 1. The van der Waals surface area contributed by atoms with E-state index < -0.39 is 16.1 Å². The van der Waals surface area contributed by atoms with E-state index in [4.69, 9.17) is 9.47 Å². The summed E-state index contributed by atoms with van der Waals surface area (Å²) in [4.78, 5) is 23.8. The molecule has 1 aromatic heterocycles. The molecule has 2 aromatic rings. The number of piperidine rings is 1. The van der Waals surface area contributed by atoms with E-state index in [1.54, 1.807) is 42.3 Å². The molecule has 0 radical (unpaired) electrons. The number of anilines is 1. The number of fused-ring (bicyclic) bond motifs is 1. The van der Waals surface area contributed by atoms with Gasteiger partial charge in [-0.15, -0.1) is 0 Å². The maximum absolute atomic E-state index is 14.1. The van der Waals surface area contributed by atoms with Crippen molar-refractivity contribution in [2.24, 2.45) is 5.92 Å². The average Bonchev–Trinajstić information content (AvgIpc) is 3.49. The van der Waals surface area contributed by atoms with Crippen LogP contribution in [0, 0.1) is 19.8 Å². The third-order valence-electron chi connectivity index (χ3n) is 9.08. The van der Waals surface area contributed by atoms with Gasteiger partial charge in [-0.25, -0.2) is 8.42 Å². The van der Waals surface area contributed by atoms with E-state index in [-0.39, 0.29) is 19.1 Å². The fraction of sp³-hybridized carbons (Fsp3) is 0.562. The predicted octanol–water partition coefficient (Wildman–Crippen LogP) is 3.45. The molecule has 0 spiro atoms. The number of aromatic nitrogens is 1. The Hall–Kier alpha value is -3.15. The normalized spacial score (nSPS) is 19.7. The molecule has 2 fully saturated rings. The van der Waals surface area contributed by atoms with E-state index in [0.29, 0.717) is 47.3 Å². The fourth-order valence-corrected chi connectivity index (χ4v) is 8.64. The topological polar surface area (TPSA) is 95.5 Å². The number of benzene rings is 1. The molecule has 1 atom stereocenters. The lowest BCUT2D eigenvalue weighted by Gasteiger charge is -2.41. The summed E-state index contributed by atoms with van der Waals surface area (Å²) in [5, 5.41) is 0. The Kier molecular flexibility index (Phi) is 9.93.